The molecule has 1 heterocycles. The molecule has 0 amide bonds. The van der Waals surface area contributed by atoms with Crippen molar-refractivity contribution in [1.82, 2.24) is 0 Å². The van der Waals surface area contributed by atoms with Gasteiger partial charge in [0.2, 0.25) is 0 Å². The minimum atomic E-state index is -1.00. The van der Waals surface area contributed by atoms with Gasteiger partial charge in [-0.1, -0.05) is 12.1 Å². The number of nitrogens with two attached hydrogens (primary N) is 1. The molecule has 1 unspecified atom stereocenters. The third-order valence-corrected chi connectivity index (χ3v) is 3.60. The van der Waals surface area contributed by atoms with E-state index in [0.29, 0.717) is 13.2 Å². The summed E-state index contributed by atoms with van der Waals surface area (Å²) >= 11 is 0. The van der Waals surface area contributed by atoms with Gasteiger partial charge in [-0.15, -0.1) is 0 Å². The van der Waals surface area contributed by atoms with Gasteiger partial charge >= 0.3 is 5.97 Å². The molecule has 2 rings (SSSR count). The number of esters is 1. The third-order valence-electron chi connectivity index (χ3n) is 3.60. The van der Waals surface area contributed by atoms with E-state index in [1.807, 2.05) is 12.1 Å². The Morgan fingerprint density at radius 1 is 1.35 bits per heavy atom. The molecule has 0 saturated heterocycles. The molecule has 1 aromatic rings. The normalized spacial score (nSPS) is 17.4. The molecule has 0 aliphatic carbocycles. The summed E-state index contributed by atoms with van der Waals surface area (Å²) in [4.78, 5) is 16.3. The van der Waals surface area contributed by atoms with Gasteiger partial charge in [0.15, 0.2) is 0 Å². The highest BCUT2D eigenvalue weighted by Gasteiger charge is 2.34. The van der Waals surface area contributed by atoms with Gasteiger partial charge < -0.3 is 20.3 Å². The van der Waals surface area contributed by atoms with Crippen LogP contribution < -0.4 is 15.5 Å². The highest BCUT2D eigenvalue weighted by Crippen LogP contribution is 2.32. The average Bonchev–Trinajstić information content (AvgIpc) is 2.42. The Labute approximate surface area is 120 Å². The first-order valence-electron chi connectivity index (χ1n) is 6.97. The summed E-state index contributed by atoms with van der Waals surface area (Å²) in [5, 5.41) is 0. The number of carbonyl (C=O) groups excluding carboxylic acids is 1. The zero-order valence-electron chi connectivity index (χ0n) is 12.4. The molecular formula is C15H23N3O2. The fourth-order valence-electron chi connectivity index (χ4n) is 2.49. The Bertz CT molecular complexity index is 488. The van der Waals surface area contributed by atoms with Crippen molar-refractivity contribution in [2.24, 2.45) is 5.73 Å². The molecule has 0 radical (unpaired) electrons. The number of likely N-dealkylation sites (N-methyl/N-ethyl adjacent to an activating group) is 1. The molecule has 0 bridgehead atoms. The number of anilines is 2. The topological polar surface area (TPSA) is 58.8 Å². The molecule has 2 N–H and O–H groups in total. The van der Waals surface area contributed by atoms with Crippen LogP contribution in [-0.2, 0) is 9.53 Å². The lowest BCUT2D eigenvalue weighted by molar-refractivity contribution is -0.148. The number of carbonyl (C=O) groups is 1. The smallest absolute Gasteiger partial charge is 0.327 e. The number of rotatable bonds is 4. The SMILES string of the molecule is CCOC(=O)C(C)(N)CN1CCN(C)c2ccccc21. The standard InChI is InChI=1S/C15H23N3O2/c1-4-20-14(19)15(2,16)11-18-10-9-17(3)12-7-5-6-8-13(12)18/h5-8H,4,9-11,16H2,1-3H3. The molecule has 20 heavy (non-hydrogen) atoms. The van der Waals surface area contributed by atoms with Crippen molar-refractivity contribution in [3.05, 3.63) is 24.3 Å². The zero-order valence-corrected chi connectivity index (χ0v) is 12.4. The van der Waals surface area contributed by atoms with Gasteiger partial charge in [0.05, 0.1) is 18.0 Å². The van der Waals surface area contributed by atoms with E-state index in [4.69, 9.17) is 10.5 Å². The van der Waals surface area contributed by atoms with E-state index in [-0.39, 0.29) is 5.97 Å². The Morgan fingerprint density at radius 3 is 2.65 bits per heavy atom. The maximum atomic E-state index is 11.9. The molecule has 1 aromatic carbocycles. The molecular weight excluding hydrogens is 254 g/mol. The summed E-state index contributed by atoms with van der Waals surface area (Å²) in [6, 6.07) is 8.17. The molecule has 0 fully saturated rings. The molecule has 5 heteroatoms. The largest absolute Gasteiger partial charge is 0.465 e. The predicted molar refractivity (Wildman–Crippen MR) is 81.2 cm³/mol. The monoisotopic (exact) mass is 277 g/mol. The second-order valence-electron chi connectivity index (χ2n) is 5.47. The van der Waals surface area contributed by atoms with Crippen molar-refractivity contribution in [1.29, 1.82) is 0 Å². The number of nitrogens with zero attached hydrogens (tertiary/aromatic N) is 2. The highest BCUT2D eigenvalue weighted by atomic mass is 16.5. The Balaban J connectivity index is 2.19. The Hall–Kier alpha value is -1.75. The first-order chi connectivity index (χ1) is 9.45. The number of hydrogen-bond donors (Lipinski definition) is 1. The van der Waals surface area contributed by atoms with Gasteiger partial charge in [-0.25, -0.2) is 4.79 Å². The summed E-state index contributed by atoms with van der Waals surface area (Å²) in [7, 11) is 2.07. The summed E-state index contributed by atoms with van der Waals surface area (Å²) in [6.45, 7) is 6.09. The Morgan fingerprint density at radius 2 is 2.00 bits per heavy atom. The lowest BCUT2D eigenvalue weighted by Gasteiger charge is -2.40. The number of fused-ring (bicyclic) bond motifs is 1. The van der Waals surface area contributed by atoms with Gasteiger partial charge in [-0.05, 0) is 26.0 Å². The molecule has 0 saturated carbocycles. The fourth-order valence-corrected chi connectivity index (χ4v) is 2.49. The van der Waals surface area contributed by atoms with Gasteiger partial charge in [0.1, 0.15) is 5.54 Å². The van der Waals surface area contributed by atoms with E-state index in [1.54, 1.807) is 13.8 Å². The minimum Gasteiger partial charge on any atom is -0.465 e. The quantitative estimate of drug-likeness (QED) is 0.839. The van der Waals surface area contributed by atoms with E-state index < -0.39 is 5.54 Å². The maximum absolute atomic E-state index is 11.9. The predicted octanol–water partition coefficient (Wildman–Crippen LogP) is 1.22. The van der Waals surface area contributed by atoms with Crippen LogP contribution in [0.15, 0.2) is 24.3 Å². The van der Waals surface area contributed by atoms with Gasteiger partial charge in [-0.3, -0.25) is 0 Å². The van der Waals surface area contributed by atoms with E-state index in [0.717, 1.165) is 18.8 Å². The molecule has 1 aliphatic rings. The highest BCUT2D eigenvalue weighted by molar-refractivity contribution is 5.82. The second-order valence-corrected chi connectivity index (χ2v) is 5.47. The lowest BCUT2D eigenvalue weighted by atomic mass is 10.0. The Kier molecular flexibility index (Phi) is 4.18. The van der Waals surface area contributed by atoms with Crippen molar-refractivity contribution < 1.29 is 9.53 Å². The van der Waals surface area contributed by atoms with Crippen molar-refractivity contribution >= 4 is 17.3 Å². The molecule has 0 spiro atoms. The van der Waals surface area contributed by atoms with Crippen molar-refractivity contribution in [2.75, 3.05) is 43.1 Å². The first kappa shape index (κ1) is 14.7. The van der Waals surface area contributed by atoms with Crippen LogP contribution in [0, 0.1) is 0 Å². The average molecular weight is 277 g/mol. The lowest BCUT2D eigenvalue weighted by Crippen LogP contribution is -2.56. The third kappa shape index (κ3) is 2.88. The van der Waals surface area contributed by atoms with Crippen LogP contribution in [0.1, 0.15) is 13.8 Å². The van der Waals surface area contributed by atoms with Crippen LogP contribution >= 0.6 is 0 Å². The molecule has 110 valence electrons. The van der Waals surface area contributed by atoms with Crippen molar-refractivity contribution in [3.8, 4) is 0 Å². The van der Waals surface area contributed by atoms with Gasteiger partial charge in [0.25, 0.3) is 0 Å². The summed E-state index contributed by atoms with van der Waals surface area (Å²) in [6.07, 6.45) is 0. The van der Waals surface area contributed by atoms with Crippen LogP contribution in [0.2, 0.25) is 0 Å². The molecule has 5 nitrogen and oxygen atoms in total. The number of para-hydroxylation sites is 2. The molecule has 1 atom stereocenters. The van der Waals surface area contributed by atoms with Crippen LogP contribution in [0.4, 0.5) is 11.4 Å². The number of benzene rings is 1. The summed E-state index contributed by atoms with van der Waals surface area (Å²) < 4.78 is 5.06. The minimum absolute atomic E-state index is 0.351. The van der Waals surface area contributed by atoms with Crippen molar-refractivity contribution in [3.63, 3.8) is 0 Å². The van der Waals surface area contributed by atoms with Crippen LogP contribution in [0.25, 0.3) is 0 Å². The van der Waals surface area contributed by atoms with Crippen molar-refractivity contribution in [2.45, 2.75) is 19.4 Å². The van der Waals surface area contributed by atoms with Gasteiger partial charge in [-0.2, -0.15) is 0 Å². The number of ether oxygens (including phenoxy) is 1. The molecule has 0 aromatic heterocycles. The van der Waals surface area contributed by atoms with Crippen LogP contribution in [0.3, 0.4) is 0 Å². The summed E-state index contributed by atoms with van der Waals surface area (Å²) in [5.41, 5.74) is 7.42. The van der Waals surface area contributed by atoms with Crippen LogP contribution in [0.5, 0.6) is 0 Å². The van der Waals surface area contributed by atoms with E-state index in [1.165, 1.54) is 5.69 Å². The summed E-state index contributed by atoms with van der Waals surface area (Å²) in [5.74, 6) is -0.351. The van der Waals surface area contributed by atoms with E-state index in [9.17, 15) is 4.79 Å². The number of hydrogen-bond acceptors (Lipinski definition) is 5. The van der Waals surface area contributed by atoms with Crippen LogP contribution in [-0.4, -0.2) is 44.8 Å². The first-order valence-corrected chi connectivity index (χ1v) is 6.97. The zero-order chi connectivity index (χ0) is 14.8. The van der Waals surface area contributed by atoms with E-state index in [2.05, 4.69) is 29.0 Å². The maximum Gasteiger partial charge on any atom is 0.327 e. The fraction of sp³-hybridized carbons (Fsp3) is 0.533. The van der Waals surface area contributed by atoms with E-state index >= 15 is 0 Å². The molecule has 1 aliphatic heterocycles. The second kappa shape index (κ2) is 5.71. The van der Waals surface area contributed by atoms with Gasteiger partial charge in [0, 0.05) is 26.7 Å².